The predicted molar refractivity (Wildman–Crippen MR) is 112 cm³/mol. The average Bonchev–Trinajstić information content (AvgIpc) is 3.22. The van der Waals surface area contributed by atoms with Crippen molar-refractivity contribution in [3.05, 3.63) is 23.2 Å². The minimum absolute atomic E-state index is 0.0368. The van der Waals surface area contributed by atoms with Gasteiger partial charge in [-0.15, -0.1) is 11.3 Å². The second kappa shape index (κ2) is 10.6. The molecule has 0 aliphatic heterocycles. The van der Waals surface area contributed by atoms with Gasteiger partial charge < -0.3 is 10.2 Å². The Hall–Kier alpha value is -1.18. The van der Waals surface area contributed by atoms with Crippen molar-refractivity contribution in [2.45, 2.75) is 68.2 Å². The molecule has 0 aromatic carbocycles. The molecule has 0 saturated heterocycles. The molecule has 0 radical (unpaired) electrons. The lowest BCUT2D eigenvalue weighted by atomic mass is 9.81. The highest BCUT2D eigenvalue weighted by Crippen LogP contribution is 2.35. The van der Waals surface area contributed by atoms with E-state index in [-0.39, 0.29) is 23.6 Å². The van der Waals surface area contributed by atoms with Crippen LogP contribution in [0.4, 0.5) is 0 Å². The SMILES string of the molecule is O=C(O)c1csc(SCC[C@H]2C(=O)CC[C@@H]2/C=C/C[C@@H](O)CCC2CCC2)n1. The summed E-state index contributed by atoms with van der Waals surface area (Å²) in [4.78, 5) is 27.2. The summed E-state index contributed by atoms with van der Waals surface area (Å²) in [5.41, 5.74) is 0.0844. The number of thioether (sulfide) groups is 1. The molecule has 2 fully saturated rings. The van der Waals surface area contributed by atoms with Gasteiger partial charge in [-0.1, -0.05) is 43.2 Å². The number of aromatic carboxylic acids is 1. The second-order valence-electron chi connectivity index (χ2n) is 7.91. The van der Waals surface area contributed by atoms with E-state index in [9.17, 15) is 14.7 Å². The maximum atomic E-state index is 12.3. The largest absolute Gasteiger partial charge is 0.476 e. The van der Waals surface area contributed by atoms with Crippen LogP contribution in [-0.2, 0) is 4.79 Å². The monoisotopic (exact) mass is 423 g/mol. The van der Waals surface area contributed by atoms with Crippen LogP contribution >= 0.6 is 23.1 Å². The number of ketones is 1. The molecule has 0 bridgehead atoms. The van der Waals surface area contributed by atoms with Crippen molar-refractivity contribution in [2.75, 3.05) is 5.75 Å². The van der Waals surface area contributed by atoms with Gasteiger partial charge in [0.1, 0.15) is 5.78 Å². The van der Waals surface area contributed by atoms with Crippen molar-refractivity contribution < 1.29 is 19.8 Å². The first-order valence-corrected chi connectivity index (χ1v) is 12.1. The van der Waals surface area contributed by atoms with Gasteiger partial charge in [0.15, 0.2) is 10.0 Å². The van der Waals surface area contributed by atoms with E-state index in [0.717, 1.165) is 41.7 Å². The van der Waals surface area contributed by atoms with E-state index in [2.05, 4.69) is 17.1 Å². The van der Waals surface area contributed by atoms with E-state index in [1.807, 2.05) is 0 Å². The minimum Gasteiger partial charge on any atom is -0.476 e. The molecule has 1 aromatic rings. The third-order valence-electron chi connectivity index (χ3n) is 5.94. The number of thiazole rings is 1. The highest BCUT2D eigenvalue weighted by molar-refractivity contribution is 8.01. The summed E-state index contributed by atoms with van der Waals surface area (Å²) in [6.45, 7) is 0. The van der Waals surface area contributed by atoms with Gasteiger partial charge in [-0.25, -0.2) is 9.78 Å². The molecule has 0 unspecified atom stereocenters. The van der Waals surface area contributed by atoms with Gasteiger partial charge in [0.25, 0.3) is 0 Å². The quantitative estimate of drug-likeness (QED) is 0.392. The van der Waals surface area contributed by atoms with Crippen LogP contribution in [0.25, 0.3) is 0 Å². The van der Waals surface area contributed by atoms with Gasteiger partial charge in [-0.2, -0.15) is 0 Å². The topological polar surface area (TPSA) is 87.5 Å². The normalized spacial score (nSPS) is 24.0. The number of Topliss-reactive ketones (excluding diaryl/α,β-unsaturated/α-hetero) is 1. The number of carbonyl (C=O) groups excluding carboxylic acids is 1. The smallest absolute Gasteiger partial charge is 0.355 e. The number of nitrogens with zero attached hydrogens (tertiary/aromatic N) is 1. The van der Waals surface area contributed by atoms with E-state index < -0.39 is 5.97 Å². The average molecular weight is 424 g/mol. The highest BCUT2D eigenvalue weighted by atomic mass is 32.2. The molecule has 1 heterocycles. The minimum atomic E-state index is -1.01. The Morgan fingerprint density at radius 2 is 2.18 bits per heavy atom. The number of hydrogen-bond donors (Lipinski definition) is 2. The molecule has 28 heavy (non-hydrogen) atoms. The van der Waals surface area contributed by atoms with Gasteiger partial charge in [0.05, 0.1) is 6.10 Å². The van der Waals surface area contributed by atoms with E-state index in [1.165, 1.54) is 42.4 Å². The van der Waals surface area contributed by atoms with Crippen LogP contribution in [0.5, 0.6) is 0 Å². The highest BCUT2D eigenvalue weighted by Gasteiger charge is 2.32. The third kappa shape index (κ3) is 6.16. The lowest BCUT2D eigenvalue weighted by molar-refractivity contribution is -0.121. The molecule has 2 N–H and O–H groups in total. The summed E-state index contributed by atoms with van der Waals surface area (Å²) in [5, 5.41) is 20.6. The standard InChI is InChI=1S/C21H29NO4S2/c23-16(9-7-14-3-1-4-14)6-2-5-15-8-10-19(24)17(15)11-12-27-21-22-18(13-28-21)20(25)26/h2,5,13-17,23H,1,3-4,6-12H2,(H,25,26)/b5-2+/t15-,16+,17+/m0/s1. The molecule has 5 nitrogen and oxygen atoms in total. The summed E-state index contributed by atoms with van der Waals surface area (Å²) in [5.74, 6) is 1.21. The lowest BCUT2D eigenvalue weighted by Gasteiger charge is -2.25. The van der Waals surface area contributed by atoms with Crippen LogP contribution in [-0.4, -0.2) is 38.8 Å². The van der Waals surface area contributed by atoms with E-state index >= 15 is 0 Å². The van der Waals surface area contributed by atoms with Gasteiger partial charge in [0.2, 0.25) is 0 Å². The second-order valence-corrected chi connectivity index (χ2v) is 10.1. The van der Waals surface area contributed by atoms with Gasteiger partial charge >= 0.3 is 5.97 Å². The fraction of sp³-hybridized carbons (Fsp3) is 0.667. The number of aliphatic hydroxyl groups is 1. The van der Waals surface area contributed by atoms with E-state index in [0.29, 0.717) is 18.6 Å². The number of carboxylic acids is 1. The number of aromatic nitrogens is 1. The Bertz CT molecular complexity index is 698. The molecule has 2 aliphatic carbocycles. The van der Waals surface area contributed by atoms with Gasteiger partial charge in [-0.3, -0.25) is 4.79 Å². The van der Waals surface area contributed by atoms with E-state index in [4.69, 9.17) is 5.11 Å². The molecule has 1 aromatic heterocycles. The maximum absolute atomic E-state index is 12.3. The van der Waals surface area contributed by atoms with Crippen molar-refractivity contribution in [2.24, 2.45) is 17.8 Å². The van der Waals surface area contributed by atoms with Crippen LogP contribution < -0.4 is 0 Å². The molecule has 0 amide bonds. The summed E-state index contributed by atoms with van der Waals surface area (Å²) in [7, 11) is 0. The zero-order valence-electron chi connectivity index (χ0n) is 16.1. The third-order valence-corrected chi connectivity index (χ3v) is 7.99. The molecule has 3 rings (SSSR count). The number of hydrogen-bond acceptors (Lipinski definition) is 6. The van der Waals surface area contributed by atoms with Crippen molar-refractivity contribution in [1.82, 2.24) is 4.98 Å². The number of carboxylic acid groups (broad SMARTS) is 1. The first kappa shape index (κ1) is 21.5. The summed E-state index contributed by atoms with van der Waals surface area (Å²) < 4.78 is 0.740. The Morgan fingerprint density at radius 3 is 2.86 bits per heavy atom. The van der Waals surface area contributed by atoms with Crippen molar-refractivity contribution in [3.8, 4) is 0 Å². The summed E-state index contributed by atoms with van der Waals surface area (Å²) in [6.07, 6.45) is 12.9. The number of aliphatic hydroxyl groups excluding tert-OH is 1. The van der Waals surface area contributed by atoms with Crippen LogP contribution in [0.2, 0.25) is 0 Å². The molecular formula is C21H29NO4S2. The predicted octanol–water partition coefficient (Wildman–Crippen LogP) is 4.81. The van der Waals surface area contributed by atoms with Crippen LogP contribution in [0, 0.1) is 17.8 Å². The summed E-state index contributed by atoms with van der Waals surface area (Å²) in [6, 6.07) is 0. The lowest BCUT2D eigenvalue weighted by Crippen LogP contribution is -2.15. The fourth-order valence-corrected chi connectivity index (χ4v) is 5.87. The Kier molecular flexibility index (Phi) is 8.11. The Balaban J connectivity index is 1.39. The number of allylic oxidation sites excluding steroid dienone is 1. The van der Waals surface area contributed by atoms with E-state index in [1.54, 1.807) is 5.38 Å². The molecule has 7 heteroatoms. The maximum Gasteiger partial charge on any atom is 0.355 e. The van der Waals surface area contributed by atoms with Gasteiger partial charge in [0, 0.05) is 23.5 Å². The van der Waals surface area contributed by atoms with Gasteiger partial charge in [-0.05, 0) is 43.9 Å². The molecular weight excluding hydrogens is 394 g/mol. The number of carbonyl (C=O) groups is 2. The first-order valence-electron chi connectivity index (χ1n) is 10.2. The molecule has 2 saturated carbocycles. The molecule has 2 aliphatic rings. The molecule has 0 spiro atoms. The van der Waals surface area contributed by atoms with Crippen LogP contribution in [0.3, 0.4) is 0 Å². The summed E-state index contributed by atoms with van der Waals surface area (Å²) >= 11 is 2.86. The Morgan fingerprint density at radius 1 is 1.36 bits per heavy atom. The fourth-order valence-electron chi connectivity index (χ4n) is 3.97. The molecule has 154 valence electrons. The first-order chi connectivity index (χ1) is 13.5. The van der Waals surface area contributed by atoms with Crippen molar-refractivity contribution >= 4 is 34.9 Å². The van der Waals surface area contributed by atoms with Crippen LogP contribution in [0.1, 0.15) is 68.3 Å². The van der Waals surface area contributed by atoms with Crippen molar-refractivity contribution in [1.29, 1.82) is 0 Å². The van der Waals surface area contributed by atoms with Crippen molar-refractivity contribution in [3.63, 3.8) is 0 Å². The Labute approximate surface area is 174 Å². The molecule has 3 atom stereocenters. The zero-order valence-corrected chi connectivity index (χ0v) is 17.7. The number of rotatable bonds is 11. The van der Waals surface area contributed by atoms with Crippen LogP contribution in [0.15, 0.2) is 21.9 Å². The zero-order chi connectivity index (χ0) is 19.9.